The second-order valence-electron chi connectivity index (χ2n) is 11.1. The van der Waals surface area contributed by atoms with E-state index in [1.165, 1.54) is 38.5 Å². The number of benzene rings is 6. The van der Waals surface area contributed by atoms with E-state index in [9.17, 15) is 0 Å². The summed E-state index contributed by atoms with van der Waals surface area (Å²) in [6.07, 6.45) is 8.34. The maximum Gasteiger partial charge on any atom is 0.0619 e. The molecule has 0 radical (unpaired) electrons. The molecule has 1 aromatic heterocycles. The summed E-state index contributed by atoms with van der Waals surface area (Å²) >= 11 is 0. The van der Waals surface area contributed by atoms with Gasteiger partial charge in [-0.25, -0.2) is 0 Å². The monoisotopic (exact) mass is 562 g/mol. The third kappa shape index (κ3) is 4.36. The van der Waals surface area contributed by atoms with E-state index >= 15 is 0 Å². The first kappa shape index (κ1) is 25.8. The van der Waals surface area contributed by atoms with Crippen molar-refractivity contribution in [2.24, 2.45) is 0 Å². The van der Waals surface area contributed by atoms with Gasteiger partial charge in [0.15, 0.2) is 0 Å². The molecule has 2 heteroatoms. The minimum absolute atomic E-state index is 0.983. The normalized spacial score (nSPS) is 14.3. The van der Waals surface area contributed by atoms with E-state index in [0.717, 1.165) is 33.8 Å². The zero-order chi connectivity index (χ0) is 29.5. The van der Waals surface area contributed by atoms with E-state index in [0.29, 0.717) is 0 Å². The average Bonchev–Trinajstić information content (AvgIpc) is 3.43. The number of hydrogen-bond acceptors (Lipinski definition) is 1. The number of anilines is 2. The van der Waals surface area contributed by atoms with Crippen LogP contribution in [0, 0.1) is 0 Å². The van der Waals surface area contributed by atoms with Gasteiger partial charge in [0.2, 0.25) is 0 Å². The molecule has 0 bridgehead atoms. The van der Waals surface area contributed by atoms with Crippen molar-refractivity contribution in [3.63, 3.8) is 0 Å². The SMILES string of the molecule is C=C1/C=C\C=C/N(c2ccccc2)c2ccc(-c3cccc4c5ccccc5n(-c5ccc(-c6ccccc6)cc5)c34)cc21. The second-order valence-corrected chi connectivity index (χ2v) is 11.1. The van der Waals surface area contributed by atoms with Crippen LogP contribution in [0.4, 0.5) is 11.4 Å². The van der Waals surface area contributed by atoms with Crippen molar-refractivity contribution in [3.05, 3.63) is 182 Å². The summed E-state index contributed by atoms with van der Waals surface area (Å²) in [7, 11) is 0. The van der Waals surface area contributed by atoms with Crippen molar-refractivity contribution >= 4 is 38.8 Å². The standard InChI is InChI=1S/C42H30N2/c1-30-13-10-11-28-43(34-16-6-3-7-17-34)40-27-24-33(29-39(30)40)36-19-12-20-38-37-18-8-9-21-41(37)44(42(36)38)35-25-22-32(23-26-35)31-14-4-2-5-15-31/h2-29H,1H2/b13-10-,28-11-. The molecule has 0 fully saturated rings. The predicted molar refractivity (Wildman–Crippen MR) is 188 cm³/mol. The van der Waals surface area contributed by atoms with E-state index in [4.69, 9.17) is 0 Å². The van der Waals surface area contributed by atoms with Crippen molar-refractivity contribution < 1.29 is 0 Å². The smallest absolute Gasteiger partial charge is 0.0619 e. The van der Waals surface area contributed by atoms with Gasteiger partial charge in [0.05, 0.1) is 16.7 Å². The highest BCUT2D eigenvalue weighted by Gasteiger charge is 2.19. The molecular formula is C42H30N2. The van der Waals surface area contributed by atoms with Gasteiger partial charge in [0.25, 0.3) is 0 Å². The van der Waals surface area contributed by atoms with Crippen molar-refractivity contribution in [2.45, 2.75) is 0 Å². The minimum Gasteiger partial charge on any atom is -0.317 e. The van der Waals surface area contributed by atoms with Gasteiger partial charge >= 0.3 is 0 Å². The Morgan fingerprint density at radius 3 is 1.98 bits per heavy atom. The summed E-state index contributed by atoms with van der Waals surface area (Å²) in [6, 6.07) is 52.1. The largest absolute Gasteiger partial charge is 0.317 e. The van der Waals surface area contributed by atoms with Crippen molar-refractivity contribution in [2.75, 3.05) is 4.90 Å². The molecule has 0 saturated carbocycles. The molecule has 0 aliphatic carbocycles. The summed E-state index contributed by atoms with van der Waals surface area (Å²) in [5.74, 6) is 0. The fraction of sp³-hybridized carbons (Fsp3) is 0. The third-order valence-corrected chi connectivity index (χ3v) is 8.52. The average molecular weight is 563 g/mol. The first-order chi connectivity index (χ1) is 21.8. The topological polar surface area (TPSA) is 8.17 Å². The number of allylic oxidation sites excluding steroid dienone is 4. The summed E-state index contributed by atoms with van der Waals surface area (Å²) in [5.41, 5.74) is 12.6. The Hall–Kier alpha value is -5.86. The molecule has 2 heterocycles. The molecule has 0 saturated heterocycles. The van der Waals surface area contributed by atoms with Crippen LogP contribution in [-0.2, 0) is 0 Å². The van der Waals surface area contributed by atoms with Crippen molar-refractivity contribution in [1.82, 2.24) is 4.57 Å². The Balaban J connectivity index is 1.33. The molecule has 2 nitrogen and oxygen atoms in total. The fourth-order valence-electron chi connectivity index (χ4n) is 6.42. The molecule has 0 atom stereocenters. The van der Waals surface area contributed by atoms with E-state index in [1.54, 1.807) is 0 Å². The van der Waals surface area contributed by atoms with Gasteiger partial charge in [-0.05, 0) is 70.8 Å². The van der Waals surface area contributed by atoms with Gasteiger partial charge in [0, 0.05) is 39.5 Å². The molecule has 6 aromatic carbocycles. The molecule has 0 spiro atoms. The number of rotatable bonds is 4. The maximum atomic E-state index is 4.46. The summed E-state index contributed by atoms with van der Waals surface area (Å²) in [5, 5.41) is 2.49. The third-order valence-electron chi connectivity index (χ3n) is 8.52. The minimum atomic E-state index is 0.983. The van der Waals surface area contributed by atoms with Crippen molar-refractivity contribution in [1.29, 1.82) is 0 Å². The lowest BCUT2D eigenvalue weighted by Crippen LogP contribution is -2.11. The maximum absolute atomic E-state index is 4.46. The Morgan fingerprint density at radius 2 is 1.16 bits per heavy atom. The van der Waals surface area contributed by atoms with Gasteiger partial charge < -0.3 is 9.47 Å². The second kappa shape index (κ2) is 10.8. The quantitative estimate of drug-likeness (QED) is 0.207. The number of aromatic nitrogens is 1. The van der Waals surface area contributed by atoms with E-state index in [2.05, 4.69) is 186 Å². The summed E-state index contributed by atoms with van der Waals surface area (Å²) < 4.78 is 2.42. The van der Waals surface area contributed by atoms with Crippen LogP contribution in [0.25, 0.3) is 55.3 Å². The first-order valence-corrected chi connectivity index (χ1v) is 15.0. The number of nitrogens with zero attached hydrogens (tertiary/aromatic N) is 2. The Bertz CT molecular complexity index is 2220. The van der Waals surface area contributed by atoms with Crippen LogP contribution >= 0.6 is 0 Å². The summed E-state index contributed by atoms with van der Waals surface area (Å²) in [6.45, 7) is 4.46. The molecule has 0 unspecified atom stereocenters. The van der Waals surface area contributed by atoms with E-state index < -0.39 is 0 Å². The lowest BCUT2D eigenvalue weighted by atomic mass is 9.95. The lowest BCUT2D eigenvalue weighted by molar-refractivity contribution is 1.18. The Morgan fingerprint density at radius 1 is 0.477 bits per heavy atom. The van der Waals surface area contributed by atoms with Crippen LogP contribution < -0.4 is 4.90 Å². The molecule has 7 aromatic rings. The number of hydrogen-bond donors (Lipinski definition) is 0. The van der Waals surface area contributed by atoms with Gasteiger partial charge in [-0.2, -0.15) is 0 Å². The molecule has 44 heavy (non-hydrogen) atoms. The van der Waals surface area contributed by atoms with E-state index in [-0.39, 0.29) is 0 Å². The lowest BCUT2D eigenvalue weighted by Gasteiger charge is -2.25. The molecule has 0 amide bonds. The summed E-state index contributed by atoms with van der Waals surface area (Å²) in [4.78, 5) is 2.24. The molecular weight excluding hydrogens is 532 g/mol. The molecule has 1 aliphatic rings. The van der Waals surface area contributed by atoms with Crippen LogP contribution in [0.3, 0.4) is 0 Å². The van der Waals surface area contributed by atoms with Gasteiger partial charge in [0.1, 0.15) is 0 Å². The number of fused-ring (bicyclic) bond motifs is 4. The van der Waals surface area contributed by atoms with Crippen LogP contribution in [0.1, 0.15) is 5.56 Å². The Kier molecular flexibility index (Phi) is 6.31. The highest BCUT2D eigenvalue weighted by Crippen LogP contribution is 2.41. The van der Waals surface area contributed by atoms with Gasteiger partial charge in [-0.3, -0.25) is 0 Å². The van der Waals surface area contributed by atoms with Crippen molar-refractivity contribution in [3.8, 4) is 27.9 Å². The van der Waals surface area contributed by atoms with Gasteiger partial charge in [-0.1, -0.05) is 122 Å². The Labute approximate surface area is 257 Å². The highest BCUT2D eigenvalue weighted by molar-refractivity contribution is 6.14. The first-order valence-electron chi connectivity index (χ1n) is 15.0. The van der Waals surface area contributed by atoms with Crippen LogP contribution in [0.2, 0.25) is 0 Å². The van der Waals surface area contributed by atoms with Gasteiger partial charge in [-0.15, -0.1) is 0 Å². The zero-order valence-corrected chi connectivity index (χ0v) is 24.3. The molecule has 1 aliphatic heterocycles. The molecule has 0 N–H and O–H groups in total. The number of para-hydroxylation sites is 3. The zero-order valence-electron chi connectivity index (χ0n) is 24.3. The van der Waals surface area contributed by atoms with E-state index in [1.807, 2.05) is 0 Å². The van der Waals surface area contributed by atoms with Crippen LogP contribution in [0.5, 0.6) is 0 Å². The van der Waals surface area contributed by atoms with Crippen LogP contribution in [-0.4, -0.2) is 4.57 Å². The fourth-order valence-corrected chi connectivity index (χ4v) is 6.42. The predicted octanol–water partition coefficient (Wildman–Crippen LogP) is 11.4. The van der Waals surface area contributed by atoms with Crippen LogP contribution in [0.15, 0.2) is 177 Å². The molecule has 208 valence electrons. The highest BCUT2D eigenvalue weighted by atomic mass is 15.1. The molecule has 8 rings (SSSR count).